The van der Waals surface area contributed by atoms with E-state index in [1.165, 1.54) is 12.1 Å². The Balaban J connectivity index is 2.40. The van der Waals surface area contributed by atoms with Crippen molar-refractivity contribution in [3.05, 3.63) is 29.8 Å². The van der Waals surface area contributed by atoms with Crippen molar-refractivity contribution in [2.45, 2.75) is 45.0 Å². The average Bonchev–Trinajstić information content (AvgIpc) is 2.35. The van der Waals surface area contributed by atoms with Crippen molar-refractivity contribution in [3.63, 3.8) is 0 Å². The van der Waals surface area contributed by atoms with Crippen LogP contribution in [0.1, 0.15) is 31.7 Å². The highest BCUT2D eigenvalue weighted by Crippen LogP contribution is 2.23. The lowest BCUT2D eigenvalue weighted by Gasteiger charge is -2.13. The number of benzene rings is 1. The van der Waals surface area contributed by atoms with E-state index in [1.54, 1.807) is 12.1 Å². The predicted octanol–water partition coefficient (Wildman–Crippen LogP) is 3.91. The maximum Gasteiger partial charge on any atom is 0.573 e. The van der Waals surface area contributed by atoms with Gasteiger partial charge in [0, 0.05) is 6.04 Å². The summed E-state index contributed by atoms with van der Waals surface area (Å²) in [6.07, 6.45) is -0.603. The fraction of sp³-hybridized carbons (Fsp3) is 0.571. The van der Waals surface area contributed by atoms with Crippen molar-refractivity contribution in [1.82, 2.24) is 5.32 Å². The molecule has 1 atom stereocenters. The fourth-order valence-electron chi connectivity index (χ4n) is 1.96. The van der Waals surface area contributed by atoms with Gasteiger partial charge in [-0.05, 0) is 50.4 Å². The molecule has 0 saturated carbocycles. The third-order valence-electron chi connectivity index (χ3n) is 3.08. The van der Waals surface area contributed by atoms with Gasteiger partial charge in [-0.1, -0.05) is 19.1 Å². The summed E-state index contributed by atoms with van der Waals surface area (Å²) in [6, 6.07) is 6.59. The van der Waals surface area contributed by atoms with Crippen LogP contribution in [0.3, 0.4) is 0 Å². The monoisotopic (exact) mass is 275 g/mol. The molecule has 0 fully saturated rings. The molecule has 0 aliphatic carbocycles. The minimum Gasteiger partial charge on any atom is -0.406 e. The van der Waals surface area contributed by atoms with Gasteiger partial charge in [0.2, 0.25) is 0 Å². The molecular formula is C14H20F3NO. The molecule has 19 heavy (non-hydrogen) atoms. The van der Waals surface area contributed by atoms with Crippen molar-refractivity contribution in [3.8, 4) is 5.75 Å². The van der Waals surface area contributed by atoms with E-state index >= 15 is 0 Å². The molecule has 1 N–H and O–H groups in total. The van der Waals surface area contributed by atoms with Gasteiger partial charge in [0.1, 0.15) is 5.75 Å². The summed E-state index contributed by atoms with van der Waals surface area (Å²) in [7, 11) is 1.94. The van der Waals surface area contributed by atoms with E-state index in [0.29, 0.717) is 6.04 Å². The summed E-state index contributed by atoms with van der Waals surface area (Å²) in [4.78, 5) is 0. The quantitative estimate of drug-likeness (QED) is 0.814. The second-order valence-corrected chi connectivity index (χ2v) is 4.48. The molecule has 1 aromatic carbocycles. The minimum atomic E-state index is -4.62. The minimum absolute atomic E-state index is 0.169. The van der Waals surface area contributed by atoms with Gasteiger partial charge < -0.3 is 10.1 Å². The van der Waals surface area contributed by atoms with E-state index in [9.17, 15) is 13.2 Å². The van der Waals surface area contributed by atoms with E-state index in [-0.39, 0.29) is 5.75 Å². The standard InChI is InChI=1S/C14H20F3NO/c1-3-12(18-2)6-4-5-11-7-9-13(10-8-11)19-14(15,16)17/h7-10,12,18H,3-6H2,1-2H3. The molecule has 0 aromatic heterocycles. The van der Waals surface area contributed by atoms with Crippen LogP contribution >= 0.6 is 0 Å². The Bertz CT molecular complexity index is 358. The Hall–Kier alpha value is -1.23. The maximum absolute atomic E-state index is 12.0. The lowest BCUT2D eigenvalue weighted by atomic mass is 10.0. The SMILES string of the molecule is CCC(CCCc1ccc(OC(F)(F)F)cc1)NC. The van der Waals surface area contributed by atoms with Crippen LogP contribution in [0, 0.1) is 0 Å². The number of halogens is 3. The first-order chi connectivity index (χ1) is 8.94. The van der Waals surface area contributed by atoms with Crippen molar-refractivity contribution < 1.29 is 17.9 Å². The molecule has 1 rings (SSSR count). The zero-order valence-electron chi connectivity index (χ0n) is 11.3. The first-order valence-corrected chi connectivity index (χ1v) is 6.46. The molecule has 0 radical (unpaired) electrons. The number of hydrogen-bond donors (Lipinski definition) is 1. The molecule has 0 spiro atoms. The molecule has 108 valence electrons. The Morgan fingerprint density at radius 1 is 1.21 bits per heavy atom. The van der Waals surface area contributed by atoms with Gasteiger partial charge in [-0.25, -0.2) is 0 Å². The number of nitrogens with one attached hydrogen (secondary N) is 1. The van der Waals surface area contributed by atoms with Crippen LogP contribution in [-0.2, 0) is 6.42 Å². The van der Waals surface area contributed by atoms with E-state index in [1.807, 2.05) is 7.05 Å². The number of rotatable bonds is 7. The second-order valence-electron chi connectivity index (χ2n) is 4.48. The average molecular weight is 275 g/mol. The van der Waals surface area contributed by atoms with Crippen LogP contribution in [0.15, 0.2) is 24.3 Å². The zero-order chi connectivity index (χ0) is 14.3. The molecule has 0 aliphatic rings. The first-order valence-electron chi connectivity index (χ1n) is 6.46. The van der Waals surface area contributed by atoms with E-state index in [4.69, 9.17) is 0 Å². The van der Waals surface area contributed by atoms with Gasteiger partial charge in [-0.3, -0.25) is 0 Å². The lowest BCUT2D eigenvalue weighted by Crippen LogP contribution is -2.23. The smallest absolute Gasteiger partial charge is 0.406 e. The number of alkyl halides is 3. The summed E-state index contributed by atoms with van der Waals surface area (Å²) in [5.41, 5.74) is 1.03. The molecular weight excluding hydrogens is 255 g/mol. The number of hydrogen-bond acceptors (Lipinski definition) is 2. The highest BCUT2D eigenvalue weighted by Gasteiger charge is 2.30. The second kappa shape index (κ2) is 7.38. The Morgan fingerprint density at radius 2 is 1.84 bits per heavy atom. The van der Waals surface area contributed by atoms with Gasteiger partial charge in [-0.15, -0.1) is 13.2 Å². The molecule has 1 unspecified atom stereocenters. The number of aryl methyl sites for hydroxylation is 1. The number of ether oxygens (including phenoxy) is 1. The van der Waals surface area contributed by atoms with Gasteiger partial charge in [0.05, 0.1) is 0 Å². The Morgan fingerprint density at radius 3 is 2.32 bits per heavy atom. The van der Waals surface area contributed by atoms with Gasteiger partial charge >= 0.3 is 6.36 Å². The molecule has 0 aliphatic heterocycles. The van der Waals surface area contributed by atoms with Crippen LogP contribution in [0.5, 0.6) is 5.75 Å². The molecule has 2 nitrogen and oxygen atoms in total. The first kappa shape index (κ1) is 15.8. The summed E-state index contributed by atoms with van der Waals surface area (Å²) in [5.74, 6) is -0.169. The molecule has 0 amide bonds. The predicted molar refractivity (Wildman–Crippen MR) is 69.2 cm³/mol. The molecule has 0 saturated heterocycles. The normalized spacial score (nSPS) is 13.3. The van der Waals surface area contributed by atoms with Gasteiger partial charge in [0.25, 0.3) is 0 Å². The van der Waals surface area contributed by atoms with E-state index in [2.05, 4.69) is 17.0 Å². The summed E-state index contributed by atoms with van der Waals surface area (Å²) in [6.45, 7) is 2.13. The van der Waals surface area contributed by atoms with Crippen LogP contribution < -0.4 is 10.1 Å². The highest BCUT2D eigenvalue weighted by molar-refractivity contribution is 5.27. The van der Waals surface area contributed by atoms with Crippen LogP contribution in [0.2, 0.25) is 0 Å². The summed E-state index contributed by atoms with van der Waals surface area (Å²) < 4.78 is 39.8. The van der Waals surface area contributed by atoms with Crippen molar-refractivity contribution in [2.24, 2.45) is 0 Å². The lowest BCUT2D eigenvalue weighted by molar-refractivity contribution is -0.274. The van der Waals surface area contributed by atoms with Crippen molar-refractivity contribution in [2.75, 3.05) is 7.05 Å². The summed E-state index contributed by atoms with van der Waals surface area (Å²) in [5, 5.41) is 3.23. The molecule has 1 aromatic rings. The van der Waals surface area contributed by atoms with Gasteiger partial charge in [0.15, 0.2) is 0 Å². The molecule has 0 bridgehead atoms. The van der Waals surface area contributed by atoms with Crippen molar-refractivity contribution >= 4 is 0 Å². The van der Waals surface area contributed by atoms with E-state index in [0.717, 1.165) is 31.2 Å². The van der Waals surface area contributed by atoms with Crippen molar-refractivity contribution in [1.29, 1.82) is 0 Å². The topological polar surface area (TPSA) is 21.3 Å². The molecule has 5 heteroatoms. The maximum atomic E-state index is 12.0. The zero-order valence-corrected chi connectivity index (χ0v) is 11.3. The van der Waals surface area contributed by atoms with Crippen LogP contribution in [0.4, 0.5) is 13.2 Å². The van der Waals surface area contributed by atoms with Gasteiger partial charge in [-0.2, -0.15) is 0 Å². The van der Waals surface area contributed by atoms with E-state index < -0.39 is 6.36 Å². The highest BCUT2D eigenvalue weighted by atomic mass is 19.4. The third kappa shape index (κ3) is 6.47. The van der Waals surface area contributed by atoms with Crippen LogP contribution in [-0.4, -0.2) is 19.5 Å². The summed E-state index contributed by atoms with van der Waals surface area (Å²) >= 11 is 0. The Labute approximate surface area is 112 Å². The largest absolute Gasteiger partial charge is 0.573 e. The third-order valence-corrected chi connectivity index (χ3v) is 3.08. The fourth-order valence-corrected chi connectivity index (χ4v) is 1.96. The van der Waals surface area contributed by atoms with Crippen LogP contribution in [0.25, 0.3) is 0 Å². The Kier molecular flexibility index (Phi) is 6.15. The molecule has 0 heterocycles.